The Labute approximate surface area is 125 Å². The quantitative estimate of drug-likeness (QED) is 0.825. The zero-order valence-corrected chi connectivity index (χ0v) is 11.6. The van der Waals surface area contributed by atoms with Gasteiger partial charge in [0.15, 0.2) is 5.78 Å². The molecular weight excluding hydrogens is 291 g/mol. The first-order chi connectivity index (χ1) is 9.99. The number of ketones is 1. The molecule has 0 aliphatic heterocycles. The van der Waals surface area contributed by atoms with Gasteiger partial charge in [0.25, 0.3) is 0 Å². The van der Waals surface area contributed by atoms with Crippen molar-refractivity contribution in [1.82, 2.24) is 0 Å². The summed E-state index contributed by atoms with van der Waals surface area (Å²) in [7, 11) is 0. The first-order valence-electron chi connectivity index (χ1n) is 6.27. The molecule has 2 aromatic carbocycles. The molecule has 2 N–H and O–H groups in total. The number of rotatable bonds is 1. The van der Waals surface area contributed by atoms with Crippen molar-refractivity contribution in [2.45, 2.75) is 6.42 Å². The van der Waals surface area contributed by atoms with Crippen LogP contribution in [0.25, 0.3) is 11.1 Å². The number of fused-ring (bicyclic) bond motifs is 1. The smallest absolute Gasteiger partial charge is 0.187 e. The first kappa shape index (κ1) is 13.6. The number of carbonyl (C=O) groups excluding carboxylic acids is 1. The molecule has 0 saturated heterocycles. The summed E-state index contributed by atoms with van der Waals surface area (Å²) in [5.41, 5.74) is 1.36. The third-order valence-corrected chi connectivity index (χ3v) is 3.67. The predicted octanol–water partition coefficient (Wildman–Crippen LogP) is 3.85. The Bertz CT molecular complexity index is 814. The van der Waals surface area contributed by atoms with Crippen LogP contribution in [0.1, 0.15) is 17.5 Å². The van der Waals surface area contributed by atoms with E-state index in [1.54, 1.807) is 24.3 Å². The maximum absolute atomic E-state index is 14.0. The van der Waals surface area contributed by atoms with Gasteiger partial charge in [-0.05, 0) is 23.8 Å². The molecule has 2 aromatic rings. The fourth-order valence-electron chi connectivity index (χ4n) is 2.51. The molecule has 0 heterocycles. The van der Waals surface area contributed by atoms with E-state index in [1.165, 1.54) is 12.1 Å². The largest absolute Gasteiger partial charge is 0.304 e. The molecule has 0 amide bonds. The van der Waals surface area contributed by atoms with E-state index >= 15 is 0 Å². The first-order valence-corrected chi connectivity index (χ1v) is 6.65. The second-order valence-corrected chi connectivity index (χ2v) is 5.25. The number of hydrogen-bond donors (Lipinski definition) is 2. The Kier molecular flexibility index (Phi) is 3.18. The van der Waals surface area contributed by atoms with Gasteiger partial charge in [-0.15, -0.1) is 0 Å². The molecule has 0 radical (unpaired) electrons. The van der Waals surface area contributed by atoms with E-state index in [2.05, 4.69) is 0 Å². The minimum absolute atomic E-state index is 0.0842. The minimum Gasteiger partial charge on any atom is -0.304 e. The van der Waals surface area contributed by atoms with Crippen LogP contribution < -0.4 is 0 Å². The average Bonchev–Trinajstić information content (AvgIpc) is 2.44. The van der Waals surface area contributed by atoms with Crippen LogP contribution in [-0.4, -0.2) is 17.2 Å². The lowest BCUT2D eigenvalue weighted by Gasteiger charge is -2.21. The highest BCUT2D eigenvalue weighted by Gasteiger charge is 2.29. The summed E-state index contributed by atoms with van der Waals surface area (Å²) in [5.74, 6) is -0.854. The molecule has 1 aliphatic rings. The summed E-state index contributed by atoms with van der Waals surface area (Å²) in [6.45, 7) is 0. The van der Waals surface area contributed by atoms with E-state index in [0.717, 1.165) is 0 Å². The second kappa shape index (κ2) is 4.90. The standard InChI is InChI=1S/C16H10ClFN2O/c17-8-5-10(9-3-1-2-4-12(9)18)15-11(6-8)16(20)14(21)7-13(15)19/h1-6,19-20H,7H2. The van der Waals surface area contributed by atoms with Crippen LogP contribution in [0.2, 0.25) is 5.02 Å². The summed E-state index contributed by atoms with van der Waals surface area (Å²) < 4.78 is 14.0. The van der Waals surface area contributed by atoms with Gasteiger partial charge in [-0.3, -0.25) is 10.2 Å². The monoisotopic (exact) mass is 300 g/mol. The predicted molar refractivity (Wildman–Crippen MR) is 80.1 cm³/mol. The van der Waals surface area contributed by atoms with Crippen molar-refractivity contribution < 1.29 is 9.18 Å². The third-order valence-electron chi connectivity index (χ3n) is 3.45. The van der Waals surface area contributed by atoms with Crippen molar-refractivity contribution in [1.29, 1.82) is 10.8 Å². The lowest BCUT2D eigenvalue weighted by molar-refractivity contribution is -0.112. The number of hydrogen-bond acceptors (Lipinski definition) is 3. The highest BCUT2D eigenvalue weighted by Crippen LogP contribution is 2.34. The molecule has 0 fully saturated rings. The van der Waals surface area contributed by atoms with Gasteiger partial charge in [-0.1, -0.05) is 29.8 Å². The Hall–Kier alpha value is -2.33. The Balaban J connectivity index is 2.36. The Morgan fingerprint density at radius 2 is 1.71 bits per heavy atom. The zero-order valence-electron chi connectivity index (χ0n) is 10.8. The zero-order chi connectivity index (χ0) is 15.1. The van der Waals surface area contributed by atoms with E-state index in [0.29, 0.717) is 27.3 Å². The van der Waals surface area contributed by atoms with Crippen molar-refractivity contribution in [2.24, 2.45) is 0 Å². The molecule has 3 rings (SSSR count). The molecule has 104 valence electrons. The van der Waals surface area contributed by atoms with Gasteiger partial charge in [0.05, 0.1) is 6.42 Å². The molecule has 1 aliphatic carbocycles. The number of nitrogens with one attached hydrogen (secondary N) is 2. The van der Waals surface area contributed by atoms with Crippen molar-refractivity contribution in [3.63, 3.8) is 0 Å². The Morgan fingerprint density at radius 3 is 2.43 bits per heavy atom. The van der Waals surface area contributed by atoms with Crippen molar-refractivity contribution in [3.8, 4) is 11.1 Å². The fourth-order valence-corrected chi connectivity index (χ4v) is 2.73. The molecule has 0 saturated carbocycles. The summed E-state index contributed by atoms with van der Waals surface area (Å²) in [6.07, 6.45) is -0.144. The van der Waals surface area contributed by atoms with E-state index in [-0.39, 0.29) is 17.8 Å². The van der Waals surface area contributed by atoms with Gasteiger partial charge in [0.2, 0.25) is 0 Å². The SMILES string of the molecule is N=C1C(=O)CC(=N)c2c1cc(Cl)cc2-c1ccccc1F. The van der Waals surface area contributed by atoms with E-state index in [1.807, 2.05) is 0 Å². The highest BCUT2D eigenvalue weighted by molar-refractivity contribution is 6.52. The van der Waals surface area contributed by atoms with Crippen LogP contribution in [0.5, 0.6) is 0 Å². The number of benzene rings is 2. The summed E-state index contributed by atoms with van der Waals surface area (Å²) in [6, 6.07) is 9.23. The Morgan fingerprint density at radius 1 is 1.05 bits per heavy atom. The van der Waals surface area contributed by atoms with E-state index in [4.69, 9.17) is 22.4 Å². The average molecular weight is 301 g/mol. The van der Waals surface area contributed by atoms with Gasteiger partial charge in [-0.2, -0.15) is 0 Å². The molecule has 3 nitrogen and oxygen atoms in total. The number of halogens is 2. The van der Waals surface area contributed by atoms with Gasteiger partial charge in [-0.25, -0.2) is 4.39 Å². The van der Waals surface area contributed by atoms with Gasteiger partial charge in [0, 0.05) is 27.4 Å². The summed E-state index contributed by atoms with van der Waals surface area (Å²) >= 11 is 6.04. The van der Waals surface area contributed by atoms with Crippen molar-refractivity contribution >= 4 is 28.8 Å². The molecule has 0 atom stereocenters. The molecule has 0 spiro atoms. The van der Waals surface area contributed by atoms with Crippen molar-refractivity contribution in [2.75, 3.05) is 0 Å². The van der Waals surface area contributed by atoms with Gasteiger partial charge >= 0.3 is 0 Å². The number of carbonyl (C=O) groups is 1. The molecular formula is C16H10ClFN2O. The molecule has 0 unspecified atom stereocenters. The van der Waals surface area contributed by atoms with Crippen molar-refractivity contribution in [3.05, 3.63) is 58.4 Å². The third kappa shape index (κ3) is 2.17. The van der Waals surface area contributed by atoms with Crippen LogP contribution in [0, 0.1) is 16.6 Å². The molecule has 5 heteroatoms. The lowest BCUT2D eigenvalue weighted by Crippen LogP contribution is -2.27. The van der Waals surface area contributed by atoms with E-state index in [9.17, 15) is 9.18 Å². The van der Waals surface area contributed by atoms with Crippen LogP contribution in [0.15, 0.2) is 36.4 Å². The number of Topliss-reactive ketones (excluding diaryl/α,β-unsaturated/α-hetero) is 1. The lowest BCUT2D eigenvalue weighted by atomic mass is 9.83. The topological polar surface area (TPSA) is 64.8 Å². The van der Waals surface area contributed by atoms with Gasteiger partial charge < -0.3 is 5.41 Å². The summed E-state index contributed by atoms with van der Waals surface area (Å²) in [5, 5.41) is 16.2. The second-order valence-electron chi connectivity index (χ2n) is 4.81. The minimum atomic E-state index is -0.432. The maximum Gasteiger partial charge on any atom is 0.187 e. The highest BCUT2D eigenvalue weighted by atomic mass is 35.5. The van der Waals surface area contributed by atoms with Crippen LogP contribution in [0.3, 0.4) is 0 Å². The van der Waals surface area contributed by atoms with Crippen LogP contribution >= 0.6 is 11.6 Å². The van der Waals surface area contributed by atoms with E-state index < -0.39 is 11.6 Å². The molecule has 0 aromatic heterocycles. The van der Waals surface area contributed by atoms with Crippen LogP contribution in [-0.2, 0) is 4.79 Å². The summed E-state index contributed by atoms with van der Waals surface area (Å²) in [4.78, 5) is 11.7. The fraction of sp³-hybridized carbons (Fsp3) is 0.0625. The van der Waals surface area contributed by atoms with Gasteiger partial charge in [0.1, 0.15) is 11.5 Å². The van der Waals surface area contributed by atoms with Crippen LogP contribution in [0.4, 0.5) is 4.39 Å². The molecule has 0 bridgehead atoms. The maximum atomic E-state index is 14.0. The molecule has 21 heavy (non-hydrogen) atoms. The normalized spacial score (nSPS) is 14.3.